The Hall–Kier alpha value is -0.870. The van der Waals surface area contributed by atoms with E-state index >= 15 is 0 Å². The van der Waals surface area contributed by atoms with E-state index in [4.69, 9.17) is 0 Å². The first-order valence-corrected chi connectivity index (χ1v) is 6.14. The molecule has 15 heavy (non-hydrogen) atoms. The van der Waals surface area contributed by atoms with Gasteiger partial charge < -0.3 is 5.11 Å². The van der Waals surface area contributed by atoms with E-state index in [1.165, 1.54) is 5.69 Å². The van der Waals surface area contributed by atoms with Gasteiger partial charge in [0.15, 0.2) is 4.96 Å². The Labute approximate surface area is 92.4 Å². The Morgan fingerprint density at radius 1 is 1.60 bits per heavy atom. The van der Waals surface area contributed by atoms with Gasteiger partial charge in [0.1, 0.15) is 0 Å². The van der Waals surface area contributed by atoms with Crippen molar-refractivity contribution in [2.75, 3.05) is 0 Å². The molecule has 2 aromatic rings. The van der Waals surface area contributed by atoms with Crippen LogP contribution in [0.2, 0.25) is 0 Å². The Bertz CT molecular complexity index is 508. The lowest BCUT2D eigenvalue weighted by Gasteiger charge is -2.18. The number of fused-ring (bicyclic) bond motifs is 1. The van der Waals surface area contributed by atoms with E-state index in [1.807, 2.05) is 19.2 Å². The number of rotatable bonds is 2. The van der Waals surface area contributed by atoms with Crippen LogP contribution in [0.4, 0.5) is 0 Å². The van der Waals surface area contributed by atoms with Crippen molar-refractivity contribution in [1.29, 1.82) is 0 Å². The van der Waals surface area contributed by atoms with Crippen LogP contribution in [0.15, 0.2) is 11.6 Å². The molecule has 0 aromatic carbocycles. The number of aliphatic hydroxyl groups is 1. The number of imidazole rings is 1. The lowest BCUT2D eigenvalue weighted by molar-refractivity contribution is 0.148. The zero-order chi connectivity index (χ0) is 10.6. The lowest BCUT2D eigenvalue weighted by Crippen LogP contribution is -2.24. The van der Waals surface area contributed by atoms with Crippen molar-refractivity contribution in [3.8, 4) is 0 Å². The zero-order valence-corrected chi connectivity index (χ0v) is 9.71. The molecule has 1 fully saturated rings. The number of nitrogens with zero attached hydrogens (tertiary/aromatic N) is 2. The minimum absolute atomic E-state index is 0.0232. The number of aryl methyl sites for hydroxylation is 1. The Morgan fingerprint density at radius 3 is 2.93 bits per heavy atom. The Kier molecular flexibility index (Phi) is 1.77. The smallest absolute Gasteiger partial charge is 0.194 e. The molecule has 1 N–H and O–H groups in total. The molecule has 0 spiro atoms. The van der Waals surface area contributed by atoms with Crippen molar-refractivity contribution < 1.29 is 5.11 Å². The Morgan fingerprint density at radius 2 is 2.33 bits per heavy atom. The fraction of sp³-hybridized carbons (Fsp3) is 0.545. The van der Waals surface area contributed by atoms with Gasteiger partial charge in [-0.15, -0.1) is 11.3 Å². The molecular weight excluding hydrogens is 208 g/mol. The minimum atomic E-state index is -0.281. The fourth-order valence-corrected chi connectivity index (χ4v) is 3.24. The normalized spacial score (nSPS) is 20.7. The third-order valence-electron chi connectivity index (χ3n) is 3.50. The van der Waals surface area contributed by atoms with Gasteiger partial charge in [0, 0.05) is 17.0 Å². The second-order valence-electron chi connectivity index (χ2n) is 4.43. The number of aliphatic hydroxyl groups excluding tert-OH is 1. The summed E-state index contributed by atoms with van der Waals surface area (Å²) >= 11 is 1.65. The molecule has 1 atom stereocenters. The third kappa shape index (κ3) is 1.12. The van der Waals surface area contributed by atoms with Crippen LogP contribution in [-0.2, 0) is 5.41 Å². The van der Waals surface area contributed by atoms with Crippen LogP contribution in [0.1, 0.15) is 31.2 Å². The molecule has 1 aliphatic carbocycles. The van der Waals surface area contributed by atoms with E-state index in [0.29, 0.717) is 0 Å². The predicted octanol–water partition coefficient (Wildman–Crippen LogP) is 2.12. The van der Waals surface area contributed by atoms with Crippen LogP contribution in [-0.4, -0.2) is 20.6 Å². The molecule has 2 aromatic heterocycles. The third-order valence-corrected chi connectivity index (χ3v) is 4.25. The highest BCUT2D eigenvalue weighted by Crippen LogP contribution is 2.52. The summed E-state index contributed by atoms with van der Waals surface area (Å²) in [6.07, 6.45) is 3.93. The van der Waals surface area contributed by atoms with Crippen LogP contribution >= 0.6 is 11.3 Å². The predicted molar refractivity (Wildman–Crippen MR) is 60.4 cm³/mol. The van der Waals surface area contributed by atoms with Crippen LogP contribution < -0.4 is 0 Å². The highest BCUT2D eigenvalue weighted by Gasteiger charge is 2.51. The van der Waals surface area contributed by atoms with E-state index in [1.54, 1.807) is 11.3 Å². The van der Waals surface area contributed by atoms with E-state index in [0.717, 1.165) is 23.5 Å². The van der Waals surface area contributed by atoms with Gasteiger partial charge in [-0.3, -0.25) is 4.40 Å². The molecule has 0 amide bonds. The van der Waals surface area contributed by atoms with Gasteiger partial charge in [-0.2, -0.15) is 0 Å². The first kappa shape index (κ1) is 9.36. The fourth-order valence-electron chi connectivity index (χ4n) is 2.48. The first-order valence-electron chi connectivity index (χ1n) is 5.26. The molecule has 0 radical (unpaired) electrons. The first-order chi connectivity index (χ1) is 7.15. The standard InChI is InChI=1S/C11H14N2OS/c1-7-9(11(3-4-11)8(2)14)13-5-6-15-10(13)12-7/h5-6,8,14H,3-4H2,1-2H3. The van der Waals surface area contributed by atoms with Gasteiger partial charge in [-0.05, 0) is 26.7 Å². The van der Waals surface area contributed by atoms with E-state index in [9.17, 15) is 5.11 Å². The molecule has 3 nitrogen and oxygen atoms in total. The number of aromatic nitrogens is 2. The molecule has 0 aliphatic heterocycles. The van der Waals surface area contributed by atoms with Crippen LogP contribution in [0, 0.1) is 6.92 Å². The van der Waals surface area contributed by atoms with Crippen molar-refractivity contribution in [1.82, 2.24) is 9.38 Å². The van der Waals surface area contributed by atoms with Crippen LogP contribution in [0.5, 0.6) is 0 Å². The minimum Gasteiger partial charge on any atom is -0.392 e. The number of hydrogen-bond donors (Lipinski definition) is 1. The molecule has 1 saturated carbocycles. The van der Waals surface area contributed by atoms with Crippen molar-refractivity contribution in [3.63, 3.8) is 0 Å². The summed E-state index contributed by atoms with van der Waals surface area (Å²) in [4.78, 5) is 5.57. The monoisotopic (exact) mass is 222 g/mol. The maximum absolute atomic E-state index is 9.90. The summed E-state index contributed by atoms with van der Waals surface area (Å²) in [5, 5.41) is 11.9. The van der Waals surface area contributed by atoms with Gasteiger partial charge in [0.25, 0.3) is 0 Å². The van der Waals surface area contributed by atoms with Gasteiger partial charge in [0.2, 0.25) is 0 Å². The second-order valence-corrected chi connectivity index (χ2v) is 5.31. The van der Waals surface area contributed by atoms with Crippen LogP contribution in [0.25, 0.3) is 4.96 Å². The van der Waals surface area contributed by atoms with Crippen molar-refractivity contribution in [2.45, 2.75) is 38.2 Å². The quantitative estimate of drug-likeness (QED) is 0.845. The molecule has 80 valence electrons. The summed E-state index contributed by atoms with van der Waals surface area (Å²) in [5.74, 6) is 0. The van der Waals surface area contributed by atoms with Crippen molar-refractivity contribution >= 4 is 16.3 Å². The molecule has 4 heteroatoms. The average molecular weight is 222 g/mol. The lowest BCUT2D eigenvalue weighted by atomic mass is 9.95. The number of hydrogen-bond acceptors (Lipinski definition) is 3. The Balaban J connectivity index is 2.25. The highest BCUT2D eigenvalue weighted by atomic mass is 32.1. The summed E-state index contributed by atoms with van der Waals surface area (Å²) in [6, 6.07) is 0. The van der Waals surface area contributed by atoms with Crippen molar-refractivity contribution in [3.05, 3.63) is 23.0 Å². The summed E-state index contributed by atoms with van der Waals surface area (Å²) in [5.41, 5.74) is 2.26. The molecule has 1 aliphatic rings. The largest absolute Gasteiger partial charge is 0.392 e. The van der Waals surface area contributed by atoms with Gasteiger partial charge in [0.05, 0.1) is 17.5 Å². The highest BCUT2D eigenvalue weighted by molar-refractivity contribution is 7.15. The molecule has 3 rings (SSSR count). The van der Waals surface area contributed by atoms with Gasteiger partial charge >= 0.3 is 0 Å². The molecular formula is C11H14N2OS. The number of thiazole rings is 1. The molecule has 1 unspecified atom stereocenters. The molecule has 2 heterocycles. The van der Waals surface area contributed by atoms with E-state index in [2.05, 4.69) is 15.6 Å². The summed E-state index contributed by atoms with van der Waals surface area (Å²) in [7, 11) is 0. The maximum atomic E-state index is 9.90. The average Bonchev–Trinajstić information content (AvgIpc) is 2.74. The SMILES string of the molecule is Cc1nc2sccn2c1C1(C(C)O)CC1. The summed E-state index contributed by atoms with van der Waals surface area (Å²) in [6.45, 7) is 3.93. The zero-order valence-electron chi connectivity index (χ0n) is 8.90. The second kappa shape index (κ2) is 2.83. The van der Waals surface area contributed by atoms with E-state index < -0.39 is 0 Å². The summed E-state index contributed by atoms with van der Waals surface area (Å²) < 4.78 is 2.14. The van der Waals surface area contributed by atoms with E-state index in [-0.39, 0.29) is 11.5 Å². The van der Waals surface area contributed by atoms with Crippen molar-refractivity contribution in [2.24, 2.45) is 0 Å². The molecule has 0 bridgehead atoms. The van der Waals surface area contributed by atoms with Gasteiger partial charge in [-0.1, -0.05) is 0 Å². The van der Waals surface area contributed by atoms with Crippen LogP contribution in [0.3, 0.4) is 0 Å². The topological polar surface area (TPSA) is 37.5 Å². The molecule has 0 saturated heterocycles. The maximum Gasteiger partial charge on any atom is 0.194 e. The van der Waals surface area contributed by atoms with Gasteiger partial charge in [-0.25, -0.2) is 4.98 Å².